The Morgan fingerprint density at radius 2 is 2.19 bits per heavy atom. The van der Waals surface area contributed by atoms with E-state index in [1.54, 1.807) is 6.33 Å². The van der Waals surface area contributed by atoms with Gasteiger partial charge in [0.25, 0.3) is 5.56 Å². The zero-order valence-corrected chi connectivity index (χ0v) is 9.11. The van der Waals surface area contributed by atoms with Gasteiger partial charge in [-0.2, -0.15) is 0 Å². The number of nitrogens with one attached hydrogen (secondary N) is 1. The summed E-state index contributed by atoms with van der Waals surface area (Å²) in [7, 11) is 1.90. The van der Waals surface area contributed by atoms with Gasteiger partial charge in [0.1, 0.15) is 0 Å². The van der Waals surface area contributed by atoms with E-state index in [0.29, 0.717) is 5.39 Å². The minimum absolute atomic E-state index is 0.0517. The first-order valence-electron chi connectivity index (χ1n) is 5.10. The highest BCUT2D eigenvalue weighted by Gasteiger charge is 2.08. The van der Waals surface area contributed by atoms with E-state index in [-0.39, 0.29) is 5.56 Å². The molecule has 3 rings (SSSR count). The Balaban J connectivity index is 2.69. The second kappa shape index (κ2) is 2.95. The number of hydrogen-bond donors (Lipinski definition) is 1. The number of aromatic amines is 1. The van der Waals surface area contributed by atoms with Crippen LogP contribution in [0.4, 0.5) is 0 Å². The van der Waals surface area contributed by atoms with Gasteiger partial charge in [-0.1, -0.05) is 6.07 Å². The molecule has 0 aliphatic heterocycles. The summed E-state index contributed by atoms with van der Waals surface area (Å²) in [6.07, 6.45) is 1.73. The van der Waals surface area contributed by atoms with Crippen LogP contribution in [0.2, 0.25) is 0 Å². The lowest BCUT2D eigenvalue weighted by Crippen LogP contribution is -2.08. The maximum atomic E-state index is 12.0. The highest BCUT2D eigenvalue weighted by atomic mass is 16.1. The molecular weight excluding hydrogens is 202 g/mol. The van der Waals surface area contributed by atoms with Gasteiger partial charge in [-0.05, 0) is 24.4 Å². The molecule has 4 heteroatoms. The van der Waals surface area contributed by atoms with E-state index in [1.165, 1.54) is 0 Å². The topological polar surface area (TPSA) is 50.7 Å². The number of fused-ring (bicyclic) bond motifs is 3. The zero-order valence-electron chi connectivity index (χ0n) is 9.11. The molecule has 3 aromatic rings. The van der Waals surface area contributed by atoms with Crippen molar-refractivity contribution in [3.8, 4) is 0 Å². The molecule has 4 nitrogen and oxygen atoms in total. The molecule has 0 atom stereocenters. The van der Waals surface area contributed by atoms with Crippen molar-refractivity contribution in [1.29, 1.82) is 0 Å². The van der Waals surface area contributed by atoms with E-state index in [4.69, 9.17) is 0 Å². The molecule has 0 fully saturated rings. The fraction of sp³-hybridized carbons (Fsp3) is 0.167. The van der Waals surface area contributed by atoms with Gasteiger partial charge in [0, 0.05) is 12.7 Å². The number of pyridine rings is 1. The van der Waals surface area contributed by atoms with Gasteiger partial charge in [-0.25, -0.2) is 4.98 Å². The van der Waals surface area contributed by atoms with E-state index in [1.807, 2.05) is 36.7 Å². The lowest BCUT2D eigenvalue weighted by Gasteiger charge is -2.02. The molecule has 0 saturated carbocycles. The van der Waals surface area contributed by atoms with Gasteiger partial charge < -0.3 is 9.55 Å². The molecule has 0 spiro atoms. The number of aromatic nitrogens is 3. The third-order valence-corrected chi connectivity index (χ3v) is 2.82. The number of hydrogen-bond acceptors (Lipinski definition) is 2. The Labute approximate surface area is 91.5 Å². The Morgan fingerprint density at radius 3 is 3.00 bits per heavy atom. The summed E-state index contributed by atoms with van der Waals surface area (Å²) in [6, 6.07) is 5.85. The van der Waals surface area contributed by atoms with Crippen molar-refractivity contribution in [2.24, 2.45) is 7.05 Å². The van der Waals surface area contributed by atoms with Gasteiger partial charge in [-0.15, -0.1) is 0 Å². The van der Waals surface area contributed by atoms with Gasteiger partial charge in [0.05, 0.1) is 22.7 Å². The number of imidazole rings is 1. The van der Waals surface area contributed by atoms with Gasteiger partial charge >= 0.3 is 0 Å². The first-order chi connectivity index (χ1) is 7.66. The lowest BCUT2D eigenvalue weighted by molar-refractivity contribution is 0.950. The summed E-state index contributed by atoms with van der Waals surface area (Å²) in [5, 5.41) is 1.67. The summed E-state index contributed by atoms with van der Waals surface area (Å²) in [5.41, 5.74) is 2.56. The Bertz CT molecular complexity index is 752. The smallest absolute Gasteiger partial charge is 0.258 e. The Kier molecular flexibility index (Phi) is 1.68. The maximum Gasteiger partial charge on any atom is 0.258 e. The van der Waals surface area contributed by atoms with Crippen LogP contribution in [0, 0.1) is 6.92 Å². The molecule has 0 saturated heterocycles. The summed E-state index contributed by atoms with van der Waals surface area (Å²) in [4.78, 5) is 19.0. The quantitative estimate of drug-likeness (QED) is 0.618. The molecule has 0 aliphatic carbocycles. The van der Waals surface area contributed by atoms with Gasteiger partial charge in [0.2, 0.25) is 0 Å². The molecule has 0 bridgehead atoms. The normalized spacial score (nSPS) is 11.4. The van der Waals surface area contributed by atoms with Crippen LogP contribution in [0.3, 0.4) is 0 Å². The van der Waals surface area contributed by atoms with Gasteiger partial charge in [0.15, 0.2) is 0 Å². The van der Waals surface area contributed by atoms with E-state index < -0.39 is 0 Å². The van der Waals surface area contributed by atoms with Crippen LogP contribution in [-0.4, -0.2) is 14.5 Å². The predicted octanol–water partition coefficient (Wildman–Crippen LogP) is 1.72. The summed E-state index contributed by atoms with van der Waals surface area (Å²) < 4.78 is 1.88. The van der Waals surface area contributed by atoms with Crippen LogP contribution >= 0.6 is 0 Å². The summed E-state index contributed by atoms with van der Waals surface area (Å²) in [5.74, 6) is 0. The molecule has 80 valence electrons. The molecule has 2 heterocycles. The zero-order chi connectivity index (χ0) is 11.3. The molecule has 0 aliphatic rings. The highest BCUT2D eigenvalue weighted by molar-refractivity contribution is 6.03. The van der Waals surface area contributed by atoms with Crippen LogP contribution in [0.25, 0.3) is 21.8 Å². The predicted molar refractivity (Wildman–Crippen MR) is 63.6 cm³/mol. The molecular formula is C12H11N3O. The molecule has 0 amide bonds. The minimum atomic E-state index is -0.0517. The standard InChI is InChI=1S/C12H11N3O/c1-7-5-8-3-4-9-11(15(2)6-13-9)10(8)12(16)14-7/h3-6H,1-2H3,(H,14,16). The average Bonchev–Trinajstić information content (AvgIpc) is 2.60. The van der Waals surface area contributed by atoms with Crippen molar-refractivity contribution in [3.63, 3.8) is 0 Å². The van der Waals surface area contributed by atoms with Gasteiger partial charge in [-0.3, -0.25) is 4.79 Å². The van der Waals surface area contributed by atoms with Crippen molar-refractivity contribution in [1.82, 2.24) is 14.5 Å². The molecule has 2 aromatic heterocycles. The molecule has 0 radical (unpaired) electrons. The van der Waals surface area contributed by atoms with Crippen molar-refractivity contribution >= 4 is 21.8 Å². The van der Waals surface area contributed by atoms with Crippen LogP contribution in [0.5, 0.6) is 0 Å². The van der Waals surface area contributed by atoms with Crippen LogP contribution in [0.1, 0.15) is 5.69 Å². The van der Waals surface area contributed by atoms with E-state index in [0.717, 1.165) is 22.1 Å². The average molecular weight is 213 g/mol. The Morgan fingerprint density at radius 1 is 1.38 bits per heavy atom. The number of H-pyrrole nitrogens is 1. The fourth-order valence-corrected chi connectivity index (χ4v) is 2.13. The Hall–Kier alpha value is -2.10. The van der Waals surface area contributed by atoms with E-state index >= 15 is 0 Å². The van der Waals surface area contributed by atoms with Crippen molar-refractivity contribution < 1.29 is 0 Å². The summed E-state index contributed by atoms with van der Waals surface area (Å²) >= 11 is 0. The molecule has 16 heavy (non-hydrogen) atoms. The highest BCUT2D eigenvalue weighted by Crippen LogP contribution is 2.21. The first kappa shape index (κ1) is 9.15. The third-order valence-electron chi connectivity index (χ3n) is 2.82. The maximum absolute atomic E-state index is 12.0. The van der Waals surface area contributed by atoms with Crippen LogP contribution in [0.15, 0.2) is 29.3 Å². The minimum Gasteiger partial charge on any atom is -0.333 e. The first-order valence-corrected chi connectivity index (χ1v) is 5.10. The number of benzene rings is 1. The second-order valence-corrected chi connectivity index (χ2v) is 4.03. The monoisotopic (exact) mass is 213 g/mol. The van der Waals surface area contributed by atoms with Crippen molar-refractivity contribution in [3.05, 3.63) is 40.6 Å². The molecule has 1 aromatic carbocycles. The molecule has 0 unspecified atom stereocenters. The molecule has 1 N–H and O–H groups in total. The lowest BCUT2D eigenvalue weighted by atomic mass is 10.1. The van der Waals surface area contributed by atoms with Crippen molar-refractivity contribution in [2.75, 3.05) is 0 Å². The second-order valence-electron chi connectivity index (χ2n) is 4.03. The van der Waals surface area contributed by atoms with Crippen LogP contribution in [-0.2, 0) is 7.05 Å². The largest absolute Gasteiger partial charge is 0.333 e. The third kappa shape index (κ3) is 1.10. The number of nitrogens with zero attached hydrogens (tertiary/aromatic N) is 2. The van der Waals surface area contributed by atoms with E-state index in [2.05, 4.69) is 9.97 Å². The van der Waals surface area contributed by atoms with Crippen LogP contribution < -0.4 is 5.56 Å². The summed E-state index contributed by atoms with van der Waals surface area (Å²) in [6.45, 7) is 1.88. The van der Waals surface area contributed by atoms with E-state index in [9.17, 15) is 4.79 Å². The number of aryl methyl sites for hydroxylation is 2. The number of rotatable bonds is 0. The fourth-order valence-electron chi connectivity index (χ4n) is 2.13. The van der Waals surface area contributed by atoms with Crippen molar-refractivity contribution in [2.45, 2.75) is 6.92 Å². The SMILES string of the molecule is Cc1cc2ccc3ncn(C)c3c2c(=O)[nH]1.